The minimum Gasteiger partial charge on any atom is -0.481 e. The van der Waals surface area contributed by atoms with Gasteiger partial charge in [0.25, 0.3) is 0 Å². The summed E-state index contributed by atoms with van der Waals surface area (Å²) in [6, 6.07) is 4.36. The van der Waals surface area contributed by atoms with Crippen LogP contribution in [0.5, 0.6) is 0 Å². The lowest BCUT2D eigenvalue weighted by molar-refractivity contribution is -0.141. The van der Waals surface area contributed by atoms with Crippen LogP contribution in [-0.2, 0) is 4.79 Å². The summed E-state index contributed by atoms with van der Waals surface area (Å²) in [5.74, 6) is -1.15. The molecule has 0 aromatic heterocycles. The predicted molar refractivity (Wildman–Crippen MR) is 79.1 cm³/mol. The molecule has 1 aromatic carbocycles. The summed E-state index contributed by atoms with van der Waals surface area (Å²) in [4.78, 5) is 22.1. The van der Waals surface area contributed by atoms with Crippen LogP contribution in [0.1, 0.15) is 13.3 Å². The SMILES string of the molecule is CC(O)(CNC(=O)Nc1ccc(Br)cc1Cl)CC(=O)O. The van der Waals surface area contributed by atoms with Crippen LogP contribution in [0.15, 0.2) is 22.7 Å². The van der Waals surface area contributed by atoms with Gasteiger partial charge in [0.1, 0.15) is 0 Å². The number of benzene rings is 1. The number of aliphatic hydroxyl groups is 1. The molecule has 0 heterocycles. The third-order valence-electron chi connectivity index (χ3n) is 2.34. The van der Waals surface area contributed by atoms with Crippen LogP contribution in [0.4, 0.5) is 10.5 Å². The molecule has 0 radical (unpaired) electrons. The summed E-state index contributed by atoms with van der Waals surface area (Å²) in [5.41, 5.74) is -1.11. The highest BCUT2D eigenvalue weighted by Gasteiger charge is 2.24. The number of anilines is 1. The fourth-order valence-corrected chi connectivity index (χ4v) is 2.14. The molecule has 1 unspecified atom stereocenters. The summed E-state index contributed by atoms with van der Waals surface area (Å²) in [7, 11) is 0. The third kappa shape index (κ3) is 5.77. The summed E-state index contributed by atoms with van der Waals surface area (Å²) >= 11 is 9.17. The van der Waals surface area contributed by atoms with Crippen molar-refractivity contribution in [2.24, 2.45) is 0 Å². The Labute approximate surface area is 129 Å². The van der Waals surface area contributed by atoms with Crippen LogP contribution in [0.25, 0.3) is 0 Å². The second-order valence-corrected chi connectivity index (χ2v) is 5.82. The van der Waals surface area contributed by atoms with Crippen molar-refractivity contribution < 1.29 is 19.8 Å². The van der Waals surface area contributed by atoms with Crippen molar-refractivity contribution in [3.63, 3.8) is 0 Å². The number of carbonyl (C=O) groups is 2. The molecule has 2 amide bonds. The molecular formula is C12H14BrClN2O4. The largest absolute Gasteiger partial charge is 0.481 e. The monoisotopic (exact) mass is 364 g/mol. The molecule has 1 rings (SSSR count). The Morgan fingerprint density at radius 3 is 2.65 bits per heavy atom. The maximum Gasteiger partial charge on any atom is 0.319 e. The molecule has 0 fully saturated rings. The minimum atomic E-state index is -1.52. The number of carbonyl (C=O) groups excluding carboxylic acids is 1. The Hall–Kier alpha value is -1.31. The number of nitrogens with one attached hydrogen (secondary N) is 2. The zero-order valence-electron chi connectivity index (χ0n) is 10.6. The average molecular weight is 366 g/mol. The highest BCUT2D eigenvalue weighted by atomic mass is 79.9. The molecule has 1 atom stereocenters. The number of aliphatic carboxylic acids is 1. The van der Waals surface area contributed by atoms with Gasteiger partial charge in [0.15, 0.2) is 0 Å². The number of carboxylic acids is 1. The van der Waals surface area contributed by atoms with E-state index in [1.165, 1.54) is 6.92 Å². The first-order valence-corrected chi connectivity index (χ1v) is 6.81. The molecule has 0 saturated carbocycles. The van der Waals surface area contributed by atoms with Crippen LogP contribution in [0.2, 0.25) is 5.02 Å². The fourth-order valence-electron chi connectivity index (χ4n) is 1.42. The van der Waals surface area contributed by atoms with Crippen molar-refractivity contribution in [2.75, 3.05) is 11.9 Å². The first-order valence-electron chi connectivity index (χ1n) is 5.64. The van der Waals surface area contributed by atoms with Crippen molar-refractivity contribution >= 4 is 45.2 Å². The zero-order chi connectivity index (χ0) is 15.3. The first-order chi connectivity index (χ1) is 9.19. The molecule has 1 aromatic rings. The number of amides is 2. The van der Waals surface area contributed by atoms with Crippen LogP contribution in [0.3, 0.4) is 0 Å². The summed E-state index contributed by atoms with van der Waals surface area (Å²) < 4.78 is 0.776. The van der Waals surface area contributed by atoms with E-state index in [1.54, 1.807) is 18.2 Å². The number of carboxylic acid groups (broad SMARTS) is 1. The Bertz CT molecular complexity index is 522. The molecule has 0 aliphatic rings. The van der Waals surface area contributed by atoms with Gasteiger partial charge in [-0.1, -0.05) is 27.5 Å². The van der Waals surface area contributed by atoms with E-state index in [-0.39, 0.29) is 6.54 Å². The van der Waals surface area contributed by atoms with Gasteiger partial charge in [-0.3, -0.25) is 4.79 Å². The van der Waals surface area contributed by atoms with Gasteiger partial charge < -0.3 is 20.8 Å². The van der Waals surface area contributed by atoms with Gasteiger partial charge >= 0.3 is 12.0 Å². The highest BCUT2D eigenvalue weighted by molar-refractivity contribution is 9.10. The topological polar surface area (TPSA) is 98.7 Å². The number of hydrogen-bond acceptors (Lipinski definition) is 3. The molecule has 0 aliphatic carbocycles. The van der Waals surface area contributed by atoms with Gasteiger partial charge in [0, 0.05) is 11.0 Å². The highest BCUT2D eigenvalue weighted by Crippen LogP contribution is 2.25. The van der Waals surface area contributed by atoms with E-state index in [0.29, 0.717) is 10.7 Å². The standard InChI is InChI=1S/C12H14BrClN2O4/c1-12(20,5-10(17)18)6-15-11(19)16-9-3-2-7(13)4-8(9)14/h2-4,20H,5-6H2,1H3,(H,17,18)(H2,15,16,19). The quantitative estimate of drug-likeness (QED) is 0.644. The van der Waals surface area contributed by atoms with Crippen molar-refractivity contribution in [1.82, 2.24) is 5.32 Å². The zero-order valence-corrected chi connectivity index (χ0v) is 13.0. The summed E-state index contributed by atoms with van der Waals surface area (Å²) in [5, 5.41) is 23.6. The Morgan fingerprint density at radius 1 is 1.45 bits per heavy atom. The van der Waals surface area contributed by atoms with Crippen LogP contribution in [-0.4, -0.2) is 34.4 Å². The molecular weight excluding hydrogens is 351 g/mol. The lowest BCUT2D eigenvalue weighted by Gasteiger charge is -2.21. The van der Waals surface area contributed by atoms with Crippen LogP contribution >= 0.6 is 27.5 Å². The molecule has 0 aliphatic heterocycles. The van der Waals surface area contributed by atoms with Crippen molar-refractivity contribution in [2.45, 2.75) is 18.9 Å². The van der Waals surface area contributed by atoms with Gasteiger partial charge in [0.05, 0.1) is 22.7 Å². The second-order valence-electron chi connectivity index (χ2n) is 4.50. The van der Waals surface area contributed by atoms with E-state index in [1.807, 2.05) is 0 Å². The van der Waals surface area contributed by atoms with E-state index in [4.69, 9.17) is 16.7 Å². The van der Waals surface area contributed by atoms with Crippen molar-refractivity contribution in [1.29, 1.82) is 0 Å². The number of halogens is 2. The molecule has 4 N–H and O–H groups in total. The van der Waals surface area contributed by atoms with Gasteiger partial charge in [-0.2, -0.15) is 0 Å². The van der Waals surface area contributed by atoms with Gasteiger partial charge in [-0.25, -0.2) is 4.79 Å². The molecule has 20 heavy (non-hydrogen) atoms. The van der Waals surface area contributed by atoms with Gasteiger partial charge in [-0.05, 0) is 25.1 Å². The minimum absolute atomic E-state index is 0.195. The van der Waals surface area contributed by atoms with E-state index in [0.717, 1.165) is 4.47 Å². The lowest BCUT2D eigenvalue weighted by atomic mass is 10.0. The second kappa shape index (κ2) is 6.92. The lowest BCUT2D eigenvalue weighted by Crippen LogP contribution is -2.43. The maximum absolute atomic E-state index is 11.6. The van der Waals surface area contributed by atoms with E-state index < -0.39 is 24.0 Å². The molecule has 110 valence electrons. The summed E-state index contributed by atoms with van der Waals surface area (Å²) in [6.45, 7) is 1.13. The van der Waals surface area contributed by atoms with Crippen molar-refractivity contribution in [3.05, 3.63) is 27.7 Å². The normalized spacial score (nSPS) is 13.4. The fraction of sp³-hybridized carbons (Fsp3) is 0.333. The Balaban J connectivity index is 2.54. The van der Waals surface area contributed by atoms with Gasteiger partial charge in [-0.15, -0.1) is 0 Å². The average Bonchev–Trinajstić information content (AvgIpc) is 2.29. The van der Waals surface area contributed by atoms with Crippen molar-refractivity contribution in [3.8, 4) is 0 Å². The Kier molecular flexibility index (Phi) is 5.79. The van der Waals surface area contributed by atoms with E-state index >= 15 is 0 Å². The number of urea groups is 1. The first kappa shape index (κ1) is 16.7. The summed E-state index contributed by atoms with van der Waals surface area (Å²) in [6.07, 6.45) is -0.466. The Morgan fingerprint density at radius 2 is 2.10 bits per heavy atom. The smallest absolute Gasteiger partial charge is 0.319 e. The number of hydrogen-bond donors (Lipinski definition) is 4. The molecule has 6 nitrogen and oxygen atoms in total. The molecule has 8 heteroatoms. The molecule has 0 saturated heterocycles. The molecule has 0 spiro atoms. The molecule has 0 bridgehead atoms. The van der Waals surface area contributed by atoms with E-state index in [2.05, 4.69) is 26.6 Å². The van der Waals surface area contributed by atoms with E-state index in [9.17, 15) is 14.7 Å². The number of rotatable bonds is 5. The van der Waals surface area contributed by atoms with Gasteiger partial charge in [0.2, 0.25) is 0 Å². The van der Waals surface area contributed by atoms with Crippen LogP contribution < -0.4 is 10.6 Å². The van der Waals surface area contributed by atoms with Crippen LogP contribution in [0, 0.1) is 0 Å². The predicted octanol–water partition coefficient (Wildman–Crippen LogP) is 2.45. The maximum atomic E-state index is 11.6. The third-order valence-corrected chi connectivity index (χ3v) is 3.15.